The van der Waals surface area contributed by atoms with Crippen LogP contribution in [0.2, 0.25) is 0 Å². The number of carboxylic acids is 1. The van der Waals surface area contributed by atoms with Crippen molar-refractivity contribution in [1.29, 1.82) is 0 Å². The van der Waals surface area contributed by atoms with Crippen molar-refractivity contribution in [2.45, 2.75) is 235 Å². The Labute approximate surface area is 392 Å². The predicted octanol–water partition coefficient (Wildman–Crippen LogP) is 5.22. The molecule has 0 aromatic rings. The summed E-state index contributed by atoms with van der Waals surface area (Å²) in [7, 11) is 8.31. The second-order valence-corrected chi connectivity index (χ2v) is 21.5. The van der Waals surface area contributed by atoms with Crippen LogP contribution in [0.15, 0.2) is 0 Å². The van der Waals surface area contributed by atoms with E-state index in [9.17, 15) is 20.1 Å². The van der Waals surface area contributed by atoms with Crippen LogP contribution in [0.5, 0.6) is 0 Å². The van der Waals surface area contributed by atoms with E-state index in [4.69, 9.17) is 61.6 Å². The Morgan fingerprint density at radius 3 is 1.95 bits per heavy atom. The number of ether oxygens (including phenoxy) is 13. The summed E-state index contributed by atoms with van der Waals surface area (Å²) < 4.78 is 84.8. The molecule has 0 saturated carbocycles. The Bertz CT molecular complexity index is 1650. The van der Waals surface area contributed by atoms with Gasteiger partial charge in [-0.15, -0.1) is 0 Å². The van der Waals surface area contributed by atoms with Crippen LogP contribution in [0.4, 0.5) is 0 Å². The van der Waals surface area contributed by atoms with E-state index in [0.717, 1.165) is 19.3 Å². The Kier molecular flexibility index (Phi) is 15.8. The second-order valence-electron chi connectivity index (χ2n) is 21.5. The number of aliphatic carboxylic acids is 1. The molecule has 0 aromatic heterocycles. The van der Waals surface area contributed by atoms with Crippen LogP contribution in [-0.4, -0.2) is 171 Å². The number of carboxylic acid groups (broad SMARTS) is 1. The van der Waals surface area contributed by atoms with Gasteiger partial charge in [0.25, 0.3) is 0 Å². The van der Waals surface area contributed by atoms with Crippen molar-refractivity contribution in [1.82, 2.24) is 0 Å². The number of hydrogen-bond acceptors (Lipinski definition) is 16. The number of aliphatic hydroxyl groups is 2. The van der Waals surface area contributed by atoms with Crippen LogP contribution >= 0.6 is 0 Å². The minimum absolute atomic E-state index is 0.0184. The Balaban J connectivity index is 1.11. The van der Waals surface area contributed by atoms with Crippen LogP contribution in [-0.2, 0) is 66.4 Å². The van der Waals surface area contributed by atoms with E-state index in [1.165, 1.54) is 6.92 Å². The summed E-state index contributed by atoms with van der Waals surface area (Å²) >= 11 is 0. The summed E-state index contributed by atoms with van der Waals surface area (Å²) in [6.07, 6.45) is -0.571. The monoisotopic (exact) mass is 945 g/mol. The van der Waals surface area contributed by atoms with Crippen LogP contribution in [0, 0.1) is 35.5 Å². The Morgan fingerprint density at radius 1 is 0.697 bits per heavy atom. The van der Waals surface area contributed by atoms with Gasteiger partial charge in [0.2, 0.25) is 0 Å². The lowest BCUT2D eigenvalue weighted by molar-refractivity contribution is -0.398. The van der Waals surface area contributed by atoms with Gasteiger partial charge in [-0.2, -0.15) is 0 Å². The number of carbonyl (C=O) groups is 1. The molecule has 0 aliphatic carbocycles. The zero-order valence-corrected chi connectivity index (χ0v) is 42.3. The molecule has 0 bridgehead atoms. The summed E-state index contributed by atoms with van der Waals surface area (Å²) in [4.78, 5) is 12.6. The molecule has 66 heavy (non-hydrogen) atoms. The zero-order chi connectivity index (χ0) is 48.5. The van der Waals surface area contributed by atoms with Crippen LogP contribution in [0.25, 0.3) is 0 Å². The molecule has 1 spiro atoms. The predicted molar refractivity (Wildman–Crippen MR) is 237 cm³/mol. The number of hydrogen-bond donors (Lipinski definition) is 3. The van der Waals surface area contributed by atoms with E-state index in [1.807, 2.05) is 20.8 Å². The third-order valence-electron chi connectivity index (χ3n) is 17.9. The minimum Gasteiger partial charge on any atom is -0.481 e. The van der Waals surface area contributed by atoms with Crippen LogP contribution in [0.1, 0.15) is 121 Å². The molecule has 0 aromatic carbocycles. The maximum absolute atomic E-state index is 12.6. The molecule has 17 nitrogen and oxygen atoms in total. The molecule has 7 saturated heterocycles. The maximum Gasteiger partial charge on any atom is 0.311 e. The van der Waals surface area contributed by atoms with Crippen molar-refractivity contribution < 1.29 is 81.7 Å². The van der Waals surface area contributed by atoms with Crippen LogP contribution < -0.4 is 0 Å². The number of rotatable bonds is 14. The molecular formula is C49H84O17. The lowest BCUT2D eigenvalue weighted by Gasteiger charge is -2.57. The van der Waals surface area contributed by atoms with Crippen molar-refractivity contribution in [3.63, 3.8) is 0 Å². The third kappa shape index (κ3) is 8.96. The fourth-order valence-electron chi connectivity index (χ4n) is 13.5. The van der Waals surface area contributed by atoms with E-state index in [1.54, 1.807) is 49.4 Å². The summed E-state index contributed by atoms with van der Waals surface area (Å²) in [5, 5.41) is 33.9. The first kappa shape index (κ1) is 52.7. The van der Waals surface area contributed by atoms with Gasteiger partial charge < -0.3 is 76.9 Å². The molecule has 0 unspecified atom stereocenters. The average molecular weight is 945 g/mol. The Morgan fingerprint density at radius 2 is 1.35 bits per heavy atom. The van der Waals surface area contributed by atoms with E-state index in [0.29, 0.717) is 25.7 Å². The highest BCUT2D eigenvalue weighted by Crippen LogP contribution is 2.57. The molecule has 7 aliphatic rings. The number of methoxy groups -OCH3 is 5. The SMILES string of the molecule is CO[C@H]1[C@H](C)[C@@H]([C@H]2CC[C@H]([C@@H]3CC[C@H]([C@@]4(C)O[C@]5(O[C@H](C[C@@H]6O[C@](O)([C@@H](C)C(=O)O)[C@@H](C)[C@H](O[C@@H]7CC[C@H](OC)[C@@H](C)O7)[C@@]6(C)OC)C[C@@H](OC)[C@H]5C)[C@H](C)[C@H]4OC)O3)O2)O[C@](C)(O)[C@@H]1C. The lowest BCUT2D eigenvalue weighted by Crippen LogP contribution is -2.71. The third-order valence-corrected chi connectivity index (χ3v) is 17.9. The Hall–Kier alpha value is -1.13. The van der Waals surface area contributed by atoms with Gasteiger partial charge in [0.1, 0.15) is 17.1 Å². The first-order chi connectivity index (χ1) is 31.0. The van der Waals surface area contributed by atoms with E-state index >= 15 is 0 Å². The van der Waals surface area contributed by atoms with E-state index < -0.39 is 77.1 Å². The highest BCUT2D eigenvalue weighted by atomic mass is 16.7. The normalized spacial score (nSPS) is 53.9. The standard InChI is InChI=1S/C49H84O17/c1-24-40(56-13)26(3)47(10,52)65-41(24)35-17-16-33(60-35)34-18-20-37(61-34)46(9)42(57-14)28(5)49(66-46)25(2)36(55-12)22-31(63-49)23-38-45(8,58-15)43(27(4)48(53,64-38)29(6)44(50)51)62-39-21-19-32(54-11)30(7)59-39/h24-43,52-53H,16-23H2,1-15H3,(H,50,51)/t24-,25+,26+,27-,28+,29-,30+,31-,32-,33+,34-,35+,36+,37+,38-,39+,40-,41-,42+,43-,45-,46+,47-,48-,49-/m0/s1. The molecule has 7 heterocycles. The smallest absolute Gasteiger partial charge is 0.311 e. The van der Waals surface area contributed by atoms with Crippen molar-refractivity contribution in [3.8, 4) is 0 Å². The maximum atomic E-state index is 12.6. The van der Waals surface area contributed by atoms with Gasteiger partial charge in [-0.1, -0.05) is 34.6 Å². The second kappa shape index (κ2) is 19.8. The molecule has 17 heteroatoms. The van der Waals surface area contributed by atoms with Gasteiger partial charge in [0.05, 0.1) is 79.4 Å². The van der Waals surface area contributed by atoms with Gasteiger partial charge >= 0.3 is 5.97 Å². The van der Waals surface area contributed by atoms with Gasteiger partial charge in [0.15, 0.2) is 23.7 Å². The highest BCUT2D eigenvalue weighted by Gasteiger charge is 2.70. The molecular weight excluding hydrogens is 861 g/mol. The molecule has 0 radical (unpaired) electrons. The molecule has 3 N–H and O–H groups in total. The van der Waals surface area contributed by atoms with Gasteiger partial charge in [0, 0.05) is 84.4 Å². The lowest BCUT2D eigenvalue weighted by atomic mass is 9.71. The fraction of sp³-hybridized carbons (Fsp3) is 0.980. The largest absolute Gasteiger partial charge is 0.481 e. The summed E-state index contributed by atoms with van der Waals surface area (Å²) in [6, 6.07) is 0. The topological polar surface area (TPSA) is 198 Å². The van der Waals surface area contributed by atoms with Gasteiger partial charge in [-0.05, 0) is 66.7 Å². The fourth-order valence-corrected chi connectivity index (χ4v) is 13.5. The van der Waals surface area contributed by atoms with Crippen LogP contribution in [0.3, 0.4) is 0 Å². The molecule has 0 amide bonds. The van der Waals surface area contributed by atoms with Crippen molar-refractivity contribution in [3.05, 3.63) is 0 Å². The minimum atomic E-state index is -2.14. The first-order valence-corrected chi connectivity index (χ1v) is 24.7. The van der Waals surface area contributed by atoms with Crippen molar-refractivity contribution in [2.75, 3.05) is 35.5 Å². The van der Waals surface area contributed by atoms with E-state index in [2.05, 4.69) is 27.7 Å². The summed E-state index contributed by atoms with van der Waals surface area (Å²) in [6.45, 7) is 19.0. The molecule has 382 valence electrons. The van der Waals surface area contributed by atoms with Crippen molar-refractivity contribution in [2.24, 2.45) is 35.5 Å². The first-order valence-electron chi connectivity index (χ1n) is 24.7. The van der Waals surface area contributed by atoms with Gasteiger partial charge in [-0.25, -0.2) is 0 Å². The molecule has 7 rings (SSSR count). The molecule has 25 atom stereocenters. The summed E-state index contributed by atoms with van der Waals surface area (Å²) in [5.41, 5.74) is -2.14. The zero-order valence-electron chi connectivity index (χ0n) is 42.3. The van der Waals surface area contributed by atoms with E-state index in [-0.39, 0.29) is 85.0 Å². The molecule has 7 fully saturated rings. The highest BCUT2D eigenvalue weighted by molar-refractivity contribution is 5.70. The summed E-state index contributed by atoms with van der Waals surface area (Å²) in [5.74, 6) is -8.79. The van der Waals surface area contributed by atoms with Crippen molar-refractivity contribution >= 4 is 5.97 Å². The average Bonchev–Trinajstić information content (AvgIpc) is 4.02. The quantitative estimate of drug-likeness (QED) is 0.205. The molecule has 7 aliphatic heterocycles. The van der Waals surface area contributed by atoms with Gasteiger partial charge in [-0.3, -0.25) is 4.79 Å².